The normalized spacial score (nSPS) is 13.7. The van der Waals surface area contributed by atoms with Gasteiger partial charge >= 0.3 is 0 Å². The molecule has 0 spiro atoms. The number of benzene rings is 1. The summed E-state index contributed by atoms with van der Waals surface area (Å²) in [5.41, 5.74) is 7.27. The van der Waals surface area contributed by atoms with Crippen molar-refractivity contribution in [3.63, 3.8) is 0 Å². The van der Waals surface area contributed by atoms with Gasteiger partial charge in [0.15, 0.2) is 0 Å². The molecule has 0 aromatic heterocycles. The molecule has 0 bridgehead atoms. The lowest BCUT2D eigenvalue weighted by Gasteiger charge is -2.29. The molecule has 1 rings (SSSR count). The van der Waals surface area contributed by atoms with E-state index in [1.807, 2.05) is 35.2 Å². The Kier molecular flexibility index (Phi) is 10.4. The molecule has 0 aliphatic heterocycles. The number of carbonyl (C=O) groups excluding carboxylic acids is 1. The summed E-state index contributed by atoms with van der Waals surface area (Å²) in [7, 11) is 0. The third-order valence-electron chi connectivity index (χ3n) is 4.50. The molecule has 0 fully saturated rings. The van der Waals surface area contributed by atoms with E-state index in [0.717, 1.165) is 32.1 Å². The molecule has 0 radical (unpaired) electrons. The van der Waals surface area contributed by atoms with E-state index in [9.17, 15) is 9.90 Å². The largest absolute Gasteiger partial charge is 0.390 e. The molecule has 1 unspecified atom stereocenters. The van der Waals surface area contributed by atoms with Crippen LogP contribution in [0.25, 0.3) is 0 Å². The minimum absolute atomic E-state index is 0.107. The van der Waals surface area contributed by atoms with Crippen LogP contribution in [0.5, 0.6) is 0 Å². The van der Waals surface area contributed by atoms with Gasteiger partial charge in [0.05, 0.1) is 6.10 Å². The Hall–Kier alpha value is -1.39. The van der Waals surface area contributed by atoms with Gasteiger partial charge in [0.1, 0.15) is 0 Å². The second kappa shape index (κ2) is 12.0. The van der Waals surface area contributed by atoms with Crippen molar-refractivity contribution in [3.8, 4) is 0 Å². The first-order valence-electron chi connectivity index (χ1n) is 9.69. The van der Waals surface area contributed by atoms with Crippen LogP contribution in [-0.4, -0.2) is 41.1 Å². The highest BCUT2D eigenvalue weighted by atomic mass is 16.3. The van der Waals surface area contributed by atoms with Gasteiger partial charge in [-0.05, 0) is 30.7 Å². The van der Waals surface area contributed by atoms with Crippen LogP contribution in [0, 0.1) is 5.92 Å². The SMILES string of the molecule is CCCCCN(CC(O)[C@@H](N)CC(C)C)C(=O)CCc1ccccc1. The van der Waals surface area contributed by atoms with Crippen molar-refractivity contribution in [3.05, 3.63) is 35.9 Å². The van der Waals surface area contributed by atoms with Crippen LogP contribution < -0.4 is 5.73 Å². The predicted octanol–water partition coefficient (Wildman–Crippen LogP) is 3.37. The number of nitrogens with zero attached hydrogens (tertiary/aromatic N) is 1. The van der Waals surface area contributed by atoms with E-state index in [-0.39, 0.29) is 11.9 Å². The third kappa shape index (κ3) is 9.03. The van der Waals surface area contributed by atoms with Crippen molar-refractivity contribution >= 4 is 5.91 Å². The summed E-state index contributed by atoms with van der Waals surface area (Å²) in [4.78, 5) is 14.5. The molecule has 4 heteroatoms. The van der Waals surface area contributed by atoms with E-state index in [0.29, 0.717) is 25.4 Å². The maximum atomic E-state index is 12.7. The van der Waals surface area contributed by atoms with E-state index in [4.69, 9.17) is 5.73 Å². The number of rotatable bonds is 12. The molecule has 0 aliphatic rings. The van der Waals surface area contributed by atoms with E-state index in [2.05, 4.69) is 20.8 Å². The number of hydrogen-bond acceptors (Lipinski definition) is 3. The van der Waals surface area contributed by atoms with Gasteiger partial charge in [0.2, 0.25) is 5.91 Å². The molecule has 4 nitrogen and oxygen atoms in total. The average Bonchev–Trinajstić information content (AvgIpc) is 2.59. The van der Waals surface area contributed by atoms with E-state index >= 15 is 0 Å². The highest BCUT2D eigenvalue weighted by Crippen LogP contribution is 2.11. The van der Waals surface area contributed by atoms with Gasteiger partial charge < -0.3 is 15.7 Å². The summed E-state index contributed by atoms with van der Waals surface area (Å²) in [6, 6.07) is 9.77. The molecule has 3 N–H and O–H groups in total. The van der Waals surface area contributed by atoms with Crippen molar-refractivity contribution in [1.29, 1.82) is 0 Å². The Labute approximate surface area is 153 Å². The summed E-state index contributed by atoms with van der Waals surface area (Å²) < 4.78 is 0. The number of amides is 1. The molecule has 1 amide bonds. The van der Waals surface area contributed by atoms with Crippen molar-refractivity contribution in [2.45, 2.75) is 71.4 Å². The van der Waals surface area contributed by atoms with Crippen LogP contribution in [0.2, 0.25) is 0 Å². The number of aliphatic hydroxyl groups is 1. The molecule has 142 valence electrons. The number of hydrogen-bond donors (Lipinski definition) is 2. The number of carbonyl (C=O) groups is 1. The van der Waals surface area contributed by atoms with Gasteiger partial charge in [-0.25, -0.2) is 0 Å². The fourth-order valence-electron chi connectivity index (χ4n) is 2.99. The molecular formula is C21H36N2O2. The first-order chi connectivity index (χ1) is 11.9. The fourth-order valence-corrected chi connectivity index (χ4v) is 2.99. The smallest absolute Gasteiger partial charge is 0.222 e. The van der Waals surface area contributed by atoms with Crippen molar-refractivity contribution < 1.29 is 9.90 Å². The Bertz CT molecular complexity index is 476. The lowest BCUT2D eigenvalue weighted by molar-refractivity contribution is -0.132. The Morgan fingerprint density at radius 2 is 1.88 bits per heavy atom. The van der Waals surface area contributed by atoms with E-state index < -0.39 is 6.10 Å². The van der Waals surface area contributed by atoms with Crippen molar-refractivity contribution in [2.24, 2.45) is 11.7 Å². The van der Waals surface area contributed by atoms with Crippen LogP contribution >= 0.6 is 0 Å². The Morgan fingerprint density at radius 1 is 1.20 bits per heavy atom. The minimum atomic E-state index is -0.662. The third-order valence-corrected chi connectivity index (χ3v) is 4.50. The first-order valence-corrected chi connectivity index (χ1v) is 9.69. The minimum Gasteiger partial charge on any atom is -0.390 e. The zero-order valence-corrected chi connectivity index (χ0v) is 16.2. The van der Waals surface area contributed by atoms with E-state index in [1.54, 1.807) is 0 Å². The predicted molar refractivity (Wildman–Crippen MR) is 104 cm³/mol. The van der Waals surface area contributed by atoms with Crippen molar-refractivity contribution in [2.75, 3.05) is 13.1 Å². The summed E-state index contributed by atoms with van der Waals surface area (Å²) >= 11 is 0. The lowest BCUT2D eigenvalue weighted by atomic mass is 9.99. The van der Waals surface area contributed by atoms with Gasteiger partial charge in [-0.3, -0.25) is 4.79 Å². The maximum Gasteiger partial charge on any atom is 0.222 e. The first kappa shape index (κ1) is 21.7. The summed E-state index contributed by atoms with van der Waals surface area (Å²) in [5.74, 6) is 0.544. The van der Waals surface area contributed by atoms with E-state index in [1.165, 1.54) is 5.56 Å². The summed E-state index contributed by atoms with van der Waals surface area (Å²) in [5, 5.41) is 10.4. The highest BCUT2D eigenvalue weighted by Gasteiger charge is 2.22. The number of unbranched alkanes of at least 4 members (excludes halogenated alkanes) is 2. The molecular weight excluding hydrogens is 312 g/mol. The van der Waals surface area contributed by atoms with Gasteiger partial charge in [-0.1, -0.05) is 63.9 Å². The number of aryl methyl sites for hydroxylation is 1. The number of aliphatic hydroxyl groups excluding tert-OH is 1. The summed E-state index contributed by atoms with van der Waals surface area (Å²) in [6.07, 6.45) is 4.49. The van der Waals surface area contributed by atoms with Crippen LogP contribution in [0.4, 0.5) is 0 Å². The summed E-state index contributed by atoms with van der Waals surface area (Å²) in [6.45, 7) is 7.38. The zero-order valence-electron chi connectivity index (χ0n) is 16.2. The second-order valence-electron chi connectivity index (χ2n) is 7.39. The maximum absolute atomic E-state index is 12.7. The molecule has 25 heavy (non-hydrogen) atoms. The van der Waals surface area contributed by atoms with Gasteiger partial charge in [-0.15, -0.1) is 0 Å². The topological polar surface area (TPSA) is 66.6 Å². The van der Waals surface area contributed by atoms with Crippen molar-refractivity contribution in [1.82, 2.24) is 4.90 Å². The Morgan fingerprint density at radius 3 is 2.48 bits per heavy atom. The van der Waals surface area contributed by atoms with Crippen LogP contribution in [0.3, 0.4) is 0 Å². The fraction of sp³-hybridized carbons (Fsp3) is 0.667. The molecule has 0 saturated carbocycles. The molecule has 0 heterocycles. The molecule has 0 saturated heterocycles. The molecule has 0 aliphatic carbocycles. The van der Waals surface area contributed by atoms with Crippen LogP contribution in [0.1, 0.15) is 58.4 Å². The number of nitrogens with two attached hydrogens (primary N) is 1. The average molecular weight is 349 g/mol. The standard InChI is InChI=1S/C21H36N2O2/c1-4-5-9-14-23(16-20(24)19(22)15-17(2)3)21(25)13-12-18-10-7-6-8-11-18/h6-8,10-11,17,19-20,24H,4-5,9,12-16,22H2,1-3H3/t19-,20?/m0/s1. The van der Waals surface area contributed by atoms with Gasteiger partial charge in [0, 0.05) is 25.6 Å². The quantitative estimate of drug-likeness (QED) is 0.569. The van der Waals surface area contributed by atoms with Gasteiger partial charge in [0.25, 0.3) is 0 Å². The Balaban J connectivity index is 2.59. The molecule has 1 aromatic carbocycles. The van der Waals surface area contributed by atoms with Gasteiger partial charge in [-0.2, -0.15) is 0 Å². The van der Waals surface area contributed by atoms with Crippen LogP contribution in [0.15, 0.2) is 30.3 Å². The highest BCUT2D eigenvalue weighted by molar-refractivity contribution is 5.76. The molecule has 2 atom stereocenters. The zero-order chi connectivity index (χ0) is 18.7. The molecule has 1 aromatic rings. The second-order valence-corrected chi connectivity index (χ2v) is 7.39. The lowest BCUT2D eigenvalue weighted by Crippen LogP contribution is -2.46. The monoisotopic (exact) mass is 348 g/mol. The van der Waals surface area contributed by atoms with Crippen LogP contribution in [-0.2, 0) is 11.2 Å².